The summed E-state index contributed by atoms with van der Waals surface area (Å²) in [5, 5.41) is 14.9. The fourth-order valence-electron chi connectivity index (χ4n) is 4.13. The first kappa shape index (κ1) is 38.4. The van der Waals surface area contributed by atoms with Crippen LogP contribution < -0.4 is 37.6 Å². The number of hydrogen-bond acceptors (Lipinski definition) is 10. The monoisotopic (exact) mass is 674 g/mol. The standard InChI is InChI=1S/C30H42N8O8S/c1-32-29(45)21(31)18-47-19-36-25(41)16-35-30(46)22(14-20-8-4-2-5-9-20)37-26(42)17-34-24(40)15-33-23(39)10-6-3-7-13-38-27(43)11-12-28(38)44/h2,4-5,8-9,11-12,21-22H,3,6-7,10,13-19,31H2,1H3,(H,32,45)(H,33,39)(H,34,40)(H,35,46)(H,36,41)(H,37,42)/t21-,22-/m0/s1. The second kappa shape index (κ2) is 21.1. The lowest BCUT2D eigenvalue weighted by Gasteiger charge is -2.19. The summed E-state index contributed by atoms with van der Waals surface area (Å²) in [7, 11) is 1.47. The number of benzene rings is 1. The number of nitrogens with one attached hydrogen (secondary N) is 6. The molecule has 0 fully saturated rings. The minimum atomic E-state index is -1.05. The number of carbonyl (C=O) groups excluding carboxylic acids is 8. The van der Waals surface area contributed by atoms with Gasteiger partial charge < -0.3 is 37.6 Å². The van der Waals surface area contributed by atoms with Crippen molar-refractivity contribution in [3.05, 3.63) is 48.0 Å². The lowest BCUT2D eigenvalue weighted by atomic mass is 10.1. The van der Waals surface area contributed by atoms with Gasteiger partial charge in [0.1, 0.15) is 6.04 Å². The van der Waals surface area contributed by atoms with Gasteiger partial charge >= 0.3 is 0 Å². The molecule has 1 aromatic rings. The topological polar surface area (TPSA) is 238 Å². The van der Waals surface area contributed by atoms with Crippen LogP contribution in [0, 0.1) is 0 Å². The summed E-state index contributed by atoms with van der Waals surface area (Å²) in [6.07, 6.45) is 4.36. The Labute approximate surface area is 276 Å². The molecule has 1 aromatic carbocycles. The molecule has 1 aliphatic rings. The van der Waals surface area contributed by atoms with E-state index in [1.165, 1.54) is 31.0 Å². The molecule has 0 aromatic heterocycles. The maximum atomic E-state index is 12.9. The smallest absolute Gasteiger partial charge is 0.253 e. The molecule has 47 heavy (non-hydrogen) atoms. The highest BCUT2D eigenvalue weighted by atomic mass is 32.2. The van der Waals surface area contributed by atoms with Crippen LogP contribution in [0.1, 0.15) is 31.2 Å². The second-order valence-corrected chi connectivity index (χ2v) is 11.4. The van der Waals surface area contributed by atoms with Gasteiger partial charge in [-0.2, -0.15) is 0 Å². The summed E-state index contributed by atoms with van der Waals surface area (Å²) in [6.45, 7) is -0.884. The van der Waals surface area contributed by atoms with E-state index >= 15 is 0 Å². The van der Waals surface area contributed by atoms with Crippen molar-refractivity contribution in [1.82, 2.24) is 36.8 Å². The van der Waals surface area contributed by atoms with Crippen LogP contribution in [0.4, 0.5) is 0 Å². The summed E-state index contributed by atoms with van der Waals surface area (Å²) in [5.41, 5.74) is 6.45. The lowest BCUT2D eigenvalue weighted by molar-refractivity contribution is -0.137. The first-order valence-corrected chi connectivity index (χ1v) is 16.1. The second-order valence-electron chi connectivity index (χ2n) is 10.4. The molecule has 0 bridgehead atoms. The molecule has 17 heteroatoms. The number of amides is 8. The van der Waals surface area contributed by atoms with E-state index in [1.54, 1.807) is 30.3 Å². The normalized spacial score (nSPS) is 13.4. The van der Waals surface area contributed by atoms with Gasteiger partial charge in [-0.3, -0.25) is 43.3 Å². The van der Waals surface area contributed by atoms with Gasteiger partial charge in [0.25, 0.3) is 11.8 Å². The number of rotatable bonds is 21. The first-order chi connectivity index (χ1) is 22.5. The zero-order valence-electron chi connectivity index (χ0n) is 26.2. The number of hydrogen-bond donors (Lipinski definition) is 7. The van der Waals surface area contributed by atoms with Crippen LogP contribution in [-0.4, -0.2) is 109 Å². The molecule has 16 nitrogen and oxygen atoms in total. The molecule has 0 unspecified atom stereocenters. The van der Waals surface area contributed by atoms with Crippen molar-refractivity contribution in [1.29, 1.82) is 0 Å². The summed E-state index contributed by atoms with van der Waals surface area (Å²) in [4.78, 5) is 97.6. The molecule has 0 saturated heterocycles. The van der Waals surface area contributed by atoms with Gasteiger partial charge in [0.15, 0.2) is 0 Å². The molecule has 1 aliphatic heterocycles. The van der Waals surface area contributed by atoms with Crippen LogP contribution in [0.25, 0.3) is 0 Å². The third-order valence-electron chi connectivity index (χ3n) is 6.69. The van der Waals surface area contributed by atoms with Crippen LogP contribution in [-0.2, 0) is 44.8 Å². The Kier molecular flexibility index (Phi) is 17.2. The van der Waals surface area contributed by atoms with E-state index in [-0.39, 0.29) is 67.7 Å². The molecule has 256 valence electrons. The number of imide groups is 1. The number of nitrogens with two attached hydrogens (primary N) is 1. The van der Waals surface area contributed by atoms with Crippen molar-refractivity contribution in [3.63, 3.8) is 0 Å². The zero-order chi connectivity index (χ0) is 34.6. The van der Waals surface area contributed by atoms with E-state index in [2.05, 4.69) is 31.9 Å². The Morgan fingerprint density at radius 2 is 1.38 bits per heavy atom. The minimum absolute atomic E-state index is 0.124. The largest absolute Gasteiger partial charge is 0.358 e. The third kappa shape index (κ3) is 15.4. The van der Waals surface area contributed by atoms with Crippen molar-refractivity contribution in [2.24, 2.45) is 5.73 Å². The van der Waals surface area contributed by atoms with E-state index < -0.39 is 42.3 Å². The number of carbonyl (C=O) groups is 8. The van der Waals surface area contributed by atoms with Crippen molar-refractivity contribution < 1.29 is 38.4 Å². The highest BCUT2D eigenvalue weighted by Gasteiger charge is 2.23. The van der Waals surface area contributed by atoms with Gasteiger partial charge in [-0.25, -0.2) is 0 Å². The Balaban J connectivity index is 1.70. The maximum absolute atomic E-state index is 12.9. The van der Waals surface area contributed by atoms with Gasteiger partial charge in [0.05, 0.1) is 31.6 Å². The average molecular weight is 675 g/mol. The molecule has 2 rings (SSSR count). The van der Waals surface area contributed by atoms with E-state index in [1.807, 2.05) is 0 Å². The fourth-order valence-corrected chi connectivity index (χ4v) is 4.91. The van der Waals surface area contributed by atoms with Gasteiger partial charge in [-0.05, 0) is 18.4 Å². The predicted molar refractivity (Wildman–Crippen MR) is 173 cm³/mol. The van der Waals surface area contributed by atoms with Crippen molar-refractivity contribution in [2.75, 3.05) is 44.9 Å². The summed E-state index contributed by atoms with van der Waals surface area (Å²) >= 11 is 1.24. The van der Waals surface area contributed by atoms with Crippen LogP contribution in [0.15, 0.2) is 42.5 Å². The summed E-state index contributed by atoms with van der Waals surface area (Å²) in [6, 6.07) is 7.13. The predicted octanol–water partition coefficient (Wildman–Crippen LogP) is -2.57. The molecule has 1 heterocycles. The number of likely N-dealkylation sites (N-methyl/N-ethyl adjacent to an activating group) is 1. The van der Waals surface area contributed by atoms with Gasteiger partial charge in [-0.1, -0.05) is 36.8 Å². The first-order valence-electron chi connectivity index (χ1n) is 15.0. The highest BCUT2D eigenvalue weighted by molar-refractivity contribution is 7.99. The van der Waals surface area contributed by atoms with E-state index in [4.69, 9.17) is 5.73 Å². The van der Waals surface area contributed by atoms with Crippen LogP contribution in [0.5, 0.6) is 0 Å². The molecule has 0 aliphatic carbocycles. The molecular weight excluding hydrogens is 632 g/mol. The summed E-state index contributed by atoms with van der Waals surface area (Å²) < 4.78 is 0. The van der Waals surface area contributed by atoms with E-state index in [0.29, 0.717) is 19.3 Å². The maximum Gasteiger partial charge on any atom is 0.253 e. The average Bonchev–Trinajstić information content (AvgIpc) is 3.39. The zero-order valence-corrected chi connectivity index (χ0v) is 27.0. The molecule has 8 amide bonds. The number of unbranched alkanes of at least 4 members (excludes halogenated alkanes) is 2. The Morgan fingerprint density at radius 1 is 0.766 bits per heavy atom. The SMILES string of the molecule is CNC(=O)[C@@H](N)CSCNC(=O)CNC(=O)[C@H](Cc1ccccc1)NC(=O)CNC(=O)CNC(=O)CCCCCN1C(=O)C=CC1=O. The lowest BCUT2D eigenvalue weighted by Crippen LogP contribution is -2.52. The van der Waals surface area contributed by atoms with Gasteiger partial charge in [0, 0.05) is 44.3 Å². The van der Waals surface area contributed by atoms with Crippen molar-refractivity contribution in [2.45, 2.75) is 44.2 Å². The van der Waals surface area contributed by atoms with Gasteiger partial charge in [-0.15, -0.1) is 11.8 Å². The molecule has 0 spiro atoms. The third-order valence-corrected chi connectivity index (χ3v) is 7.63. The number of nitrogens with zero attached hydrogens (tertiary/aromatic N) is 1. The fraction of sp³-hybridized carbons (Fsp3) is 0.467. The van der Waals surface area contributed by atoms with Gasteiger partial charge in [0.2, 0.25) is 35.4 Å². The quantitative estimate of drug-likeness (QED) is 0.0409. The molecular formula is C30H42N8O8S. The van der Waals surface area contributed by atoms with E-state index in [9.17, 15) is 38.4 Å². The van der Waals surface area contributed by atoms with Crippen LogP contribution in [0.3, 0.4) is 0 Å². The van der Waals surface area contributed by atoms with Crippen molar-refractivity contribution >= 4 is 59.0 Å². The molecule has 0 saturated carbocycles. The van der Waals surface area contributed by atoms with Crippen molar-refractivity contribution in [3.8, 4) is 0 Å². The molecule has 2 atom stereocenters. The Bertz CT molecular complexity index is 1290. The summed E-state index contributed by atoms with van der Waals surface area (Å²) in [5.74, 6) is -3.28. The minimum Gasteiger partial charge on any atom is -0.358 e. The highest BCUT2D eigenvalue weighted by Crippen LogP contribution is 2.08. The van der Waals surface area contributed by atoms with E-state index in [0.717, 1.165) is 10.5 Å². The van der Waals surface area contributed by atoms with Crippen LogP contribution in [0.2, 0.25) is 0 Å². The van der Waals surface area contributed by atoms with Crippen LogP contribution >= 0.6 is 11.8 Å². The molecule has 0 radical (unpaired) electrons. The molecule has 8 N–H and O–H groups in total. The Hall–Kier alpha value is -4.77. The number of thioether (sulfide) groups is 1. The Morgan fingerprint density at radius 3 is 2.06 bits per heavy atom.